The van der Waals surface area contributed by atoms with Gasteiger partial charge >= 0.3 is 0 Å². The zero-order valence-electron chi connectivity index (χ0n) is 11.9. The molecule has 3 rings (SSSR count). The molecule has 0 bridgehead atoms. The number of rotatable bonds is 3. The van der Waals surface area contributed by atoms with Crippen LogP contribution in [0, 0.1) is 0 Å². The SMILES string of the molecule is COc1nc(-c2ccc(CN)cc2)cc2cn[nH]c(=O)c12.Cl. The molecule has 0 spiro atoms. The number of nitrogens with two attached hydrogens (primary N) is 1. The lowest BCUT2D eigenvalue weighted by molar-refractivity contribution is 0.403. The first kappa shape index (κ1) is 15.9. The number of nitrogens with one attached hydrogen (secondary N) is 1. The molecule has 1 aromatic carbocycles. The highest BCUT2D eigenvalue weighted by Crippen LogP contribution is 2.26. The molecule has 6 nitrogen and oxygen atoms in total. The maximum atomic E-state index is 11.8. The summed E-state index contributed by atoms with van der Waals surface area (Å²) < 4.78 is 5.24. The molecule has 114 valence electrons. The minimum Gasteiger partial charge on any atom is -0.480 e. The van der Waals surface area contributed by atoms with E-state index in [2.05, 4.69) is 15.2 Å². The summed E-state index contributed by atoms with van der Waals surface area (Å²) in [6, 6.07) is 9.60. The molecule has 2 aromatic heterocycles. The minimum absolute atomic E-state index is 0. The Balaban J connectivity index is 0.00000176. The average Bonchev–Trinajstić information content (AvgIpc) is 2.54. The number of H-pyrrole nitrogens is 1. The number of ether oxygens (including phenoxy) is 1. The molecule has 3 N–H and O–H groups in total. The summed E-state index contributed by atoms with van der Waals surface area (Å²) in [5.74, 6) is 0.286. The van der Waals surface area contributed by atoms with Gasteiger partial charge in [-0.15, -0.1) is 12.4 Å². The van der Waals surface area contributed by atoms with E-state index < -0.39 is 0 Å². The smallest absolute Gasteiger partial charge is 0.277 e. The van der Waals surface area contributed by atoms with Crippen LogP contribution < -0.4 is 16.0 Å². The average molecular weight is 319 g/mol. The van der Waals surface area contributed by atoms with E-state index >= 15 is 0 Å². The summed E-state index contributed by atoms with van der Waals surface area (Å²) in [4.78, 5) is 16.2. The predicted octanol–water partition coefficient (Wildman–Crippen LogP) is 1.87. The fourth-order valence-electron chi connectivity index (χ4n) is 2.19. The van der Waals surface area contributed by atoms with Crippen LogP contribution in [-0.4, -0.2) is 22.3 Å². The van der Waals surface area contributed by atoms with Crippen LogP contribution in [-0.2, 0) is 6.54 Å². The second kappa shape index (κ2) is 6.55. The van der Waals surface area contributed by atoms with Gasteiger partial charge in [0.25, 0.3) is 5.56 Å². The van der Waals surface area contributed by atoms with Crippen molar-refractivity contribution in [2.75, 3.05) is 7.11 Å². The first-order valence-corrected chi connectivity index (χ1v) is 6.44. The van der Waals surface area contributed by atoms with Crippen molar-refractivity contribution in [1.82, 2.24) is 15.2 Å². The Hall–Kier alpha value is -2.44. The van der Waals surface area contributed by atoms with Crippen molar-refractivity contribution in [3.05, 3.63) is 52.4 Å². The molecule has 0 aliphatic heterocycles. The Bertz CT molecular complexity index is 846. The highest BCUT2D eigenvalue weighted by atomic mass is 35.5. The number of pyridine rings is 1. The molecule has 0 atom stereocenters. The second-order valence-electron chi connectivity index (χ2n) is 4.58. The largest absolute Gasteiger partial charge is 0.480 e. The number of aromatic amines is 1. The van der Waals surface area contributed by atoms with E-state index in [9.17, 15) is 4.79 Å². The molecule has 3 aromatic rings. The molecule has 0 radical (unpaired) electrons. The normalized spacial score (nSPS) is 10.3. The standard InChI is InChI=1S/C15H14N4O2.ClH/c1-21-15-13-11(8-17-19-14(13)20)6-12(18-15)10-4-2-9(7-16)3-5-10;/h2-6,8H,7,16H2,1H3,(H,19,20);1H. The van der Waals surface area contributed by atoms with E-state index in [0.29, 0.717) is 17.3 Å². The number of hydrogen-bond acceptors (Lipinski definition) is 5. The topological polar surface area (TPSA) is 93.9 Å². The number of hydrogen-bond donors (Lipinski definition) is 2. The summed E-state index contributed by atoms with van der Waals surface area (Å²) in [6.45, 7) is 0.494. The van der Waals surface area contributed by atoms with Crippen LogP contribution in [0.1, 0.15) is 5.56 Å². The molecule has 0 aliphatic carbocycles. The minimum atomic E-state index is -0.318. The van der Waals surface area contributed by atoms with Gasteiger partial charge < -0.3 is 10.5 Å². The fraction of sp³-hybridized carbons (Fsp3) is 0.133. The zero-order valence-corrected chi connectivity index (χ0v) is 12.7. The predicted molar refractivity (Wildman–Crippen MR) is 87.3 cm³/mol. The van der Waals surface area contributed by atoms with Gasteiger partial charge in [0.05, 0.1) is 19.0 Å². The van der Waals surface area contributed by atoms with E-state index in [-0.39, 0.29) is 23.8 Å². The van der Waals surface area contributed by atoms with Crippen LogP contribution >= 0.6 is 12.4 Å². The number of halogens is 1. The lowest BCUT2D eigenvalue weighted by Gasteiger charge is -2.08. The lowest BCUT2D eigenvalue weighted by atomic mass is 10.1. The van der Waals surface area contributed by atoms with E-state index in [4.69, 9.17) is 10.5 Å². The third-order valence-corrected chi connectivity index (χ3v) is 3.29. The van der Waals surface area contributed by atoms with Gasteiger partial charge in [-0.3, -0.25) is 4.79 Å². The van der Waals surface area contributed by atoms with E-state index in [1.54, 1.807) is 6.20 Å². The number of benzene rings is 1. The van der Waals surface area contributed by atoms with Crippen molar-refractivity contribution in [3.63, 3.8) is 0 Å². The Labute approximate surface area is 132 Å². The summed E-state index contributed by atoms with van der Waals surface area (Å²) in [5.41, 5.74) is 7.96. The van der Waals surface area contributed by atoms with Crippen molar-refractivity contribution in [1.29, 1.82) is 0 Å². The van der Waals surface area contributed by atoms with Crippen molar-refractivity contribution >= 4 is 23.2 Å². The van der Waals surface area contributed by atoms with Crippen LogP contribution in [0.3, 0.4) is 0 Å². The van der Waals surface area contributed by atoms with Crippen LogP contribution in [0.25, 0.3) is 22.0 Å². The molecule has 2 heterocycles. The van der Waals surface area contributed by atoms with Crippen LogP contribution in [0.4, 0.5) is 0 Å². The van der Waals surface area contributed by atoms with Crippen molar-refractivity contribution in [3.8, 4) is 17.1 Å². The maximum absolute atomic E-state index is 11.8. The summed E-state index contributed by atoms with van der Waals surface area (Å²) in [7, 11) is 1.49. The summed E-state index contributed by atoms with van der Waals surface area (Å²) >= 11 is 0. The number of methoxy groups -OCH3 is 1. The van der Waals surface area contributed by atoms with E-state index in [0.717, 1.165) is 16.8 Å². The van der Waals surface area contributed by atoms with Gasteiger partial charge in [0.2, 0.25) is 5.88 Å². The highest BCUT2D eigenvalue weighted by Gasteiger charge is 2.11. The van der Waals surface area contributed by atoms with Crippen molar-refractivity contribution in [2.45, 2.75) is 6.54 Å². The van der Waals surface area contributed by atoms with Crippen LogP contribution in [0.5, 0.6) is 5.88 Å². The second-order valence-corrected chi connectivity index (χ2v) is 4.58. The first-order chi connectivity index (χ1) is 10.2. The fourth-order valence-corrected chi connectivity index (χ4v) is 2.19. The van der Waals surface area contributed by atoms with Crippen LogP contribution in [0.2, 0.25) is 0 Å². The molecule has 0 saturated heterocycles. The number of nitrogens with zero attached hydrogens (tertiary/aromatic N) is 2. The lowest BCUT2D eigenvalue weighted by Crippen LogP contribution is -2.10. The Morgan fingerprint density at radius 2 is 2.00 bits per heavy atom. The van der Waals surface area contributed by atoms with Gasteiger partial charge in [-0.05, 0) is 11.6 Å². The van der Waals surface area contributed by atoms with E-state index in [1.165, 1.54) is 7.11 Å². The Kier molecular flexibility index (Phi) is 4.75. The molecule has 0 amide bonds. The molecule has 0 aliphatic rings. The zero-order chi connectivity index (χ0) is 14.8. The van der Waals surface area contributed by atoms with Gasteiger partial charge in [-0.1, -0.05) is 24.3 Å². The Morgan fingerprint density at radius 1 is 1.27 bits per heavy atom. The van der Waals surface area contributed by atoms with Gasteiger partial charge in [0.1, 0.15) is 5.39 Å². The molecular weight excluding hydrogens is 304 g/mol. The number of aromatic nitrogens is 3. The van der Waals surface area contributed by atoms with Crippen LogP contribution in [0.15, 0.2) is 41.3 Å². The molecule has 22 heavy (non-hydrogen) atoms. The van der Waals surface area contributed by atoms with Gasteiger partial charge in [0.15, 0.2) is 0 Å². The third kappa shape index (κ3) is 2.79. The molecule has 0 saturated carbocycles. The maximum Gasteiger partial charge on any atom is 0.277 e. The summed E-state index contributed by atoms with van der Waals surface area (Å²) in [5, 5.41) is 7.28. The highest BCUT2D eigenvalue weighted by molar-refractivity contribution is 5.88. The first-order valence-electron chi connectivity index (χ1n) is 6.44. The van der Waals surface area contributed by atoms with Gasteiger partial charge in [-0.2, -0.15) is 5.10 Å². The number of fused-ring (bicyclic) bond motifs is 1. The summed E-state index contributed by atoms with van der Waals surface area (Å²) in [6.07, 6.45) is 1.58. The molecular formula is C15H15ClN4O2. The van der Waals surface area contributed by atoms with Crippen molar-refractivity contribution in [2.24, 2.45) is 5.73 Å². The van der Waals surface area contributed by atoms with E-state index in [1.807, 2.05) is 30.3 Å². The monoisotopic (exact) mass is 318 g/mol. The molecule has 7 heteroatoms. The van der Waals surface area contributed by atoms with Gasteiger partial charge in [0, 0.05) is 17.5 Å². The van der Waals surface area contributed by atoms with Gasteiger partial charge in [-0.25, -0.2) is 10.1 Å². The molecule has 0 fully saturated rings. The quantitative estimate of drug-likeness (QED) is 0.769. The third-order valence-electron chi connectivity index (χ3n) is 3.29. The Morgan fingerprint density at radius 3 is 2.64 bits per heavy atom. The van der Waals surface area contributed by atoms with Crippen molar-refractivity contribution < 1.29 is 4.74 Å². The molecule has 0 unspecified atom stereocenters.